The van der Waals surface area contributed by atoms with Gasteiger partial charge in [-0.1, -0.05) is 43.3 Å². The molecule has 2 aromatic carbocycles. The number of benzene rings is 2. The Morgan fingerprint density at radius 3 is 2.46 bits per heavy atom. The number of carbonyl (C=O) groups is 3. The van der Waals surface area contributed by atoms with E-state index in [1.807, 2.05) is 30.3 Å². The zero-order chi connectivity index (χ0) is 26.7. The summed E-state index contributed by atoms with van der Waals surface area (Å²) in [5, 5.41) is 4.42. The van der Waals surface area contributed by atoms with Gasteiger partial charge < -0.3 is 14.8 Å². The molecule has 3 aromatic rings. The van der Waals surface area contributed by atoms with Gasteiger partial charge in [0.1, 0.15) is 21.4 Å². The molecule has 1 aliphatic rings. The number of fused-ring (bicyclic) bond motifs is 1. The monoisotopic (exact) mass is 542 g/mol. The maximum Gasteiger partial charge on any atom is 0.265 e. The van der Waals surface area contributed by atoms with Crippen LogP contribution >= 0.6 is 11.3 Å². The van der Waals surface area contributed by atoms with Crippen LogP contribution in [0.15, 0.2) is 53.9 Å². The summed E-state index contributed by atoms with van der Waals surface area (Å²) in [4.78, 5) is 39.7. The Kier molecular flexibility index (Phi) is 7.65. The lowest BCUT2D eigenvalue weighted by atomic mass is 10.1. The van der Waals surface area contributed by atoms with Crippen molar-refractivity contribution in [1.29, 1.82) is 0 Å². The van der Waals surface area contributed by atoms with Gasteiger partial charge in [-0.15, -0.1) is 11.3 Å². The molecule has 0 bridgehead atoms. The number of amides is 3. The predicted octanol–water partition coefficient (Wildman–Crippen LogP) is 4.07. The summed E-state index contributed by atoms with van der Waals surface area (Å²) in [7, 11) is -2.15. The Labute approximate surface area is 218 Å². The molecule has 0 aliphatic carbocycles. The molecule has 1 atom stereocenters. The van der Waals surface area contributed by atoms with E-state index >= 15 is 0 Å². The number of methoxy groups -OCH3 is 1. The van der Waals surface area contributed by atoms with E-state index in [1.54, 1.807) is 25.1 Å². The highest BCUT2D eigenvalue weighted by molar-refractivity contribution is 7.90. The van der Waals surface area contributed by atoms with Crippen LogP contribution in [-0.4, -0.2) is 50.2 Å². The molecule has 0 radical (unpaired) electrons. The molecule has 0 saturated carbocycles. The number of nitrogens with zero attached hydrogens (tertiary/aromatic N) is 1. The van der Waals surface area contributed by atoms with Crippen LogP contribution in [0.4, 0.5) is 5.00 Å². The zero-order valence-corrected chi connectivity index (χ0v) is 22.1. The number of thiophene rings is 1. The van der Waals surface area contributed by atoms with Crippen LogP contribution in [-0.2, 0) is 21.2 Å². The maximum absolute atomic E-state index is 13.5. The molecule has 1 aromatic heterocycles. The fourth-order valence-electron chi connectivity index (χ4n) is 4.02. The molecule has 1 aliphatic heterocycles. The van der Waals surface area contributed by atoms with Crippen molar-refractivity contribution in [2.45, 2.75) is 26.0 Å². The molecule has 37 heavy (non-hydrogen) atoms. The number of carbonyl (C=O) groups excluding carboxylic acids is 3. The van der Waals surface area contributed by atoms with E-state index in [9.17, 15) is 22.8 Å². The van der Waals surface area contributed by atoms with Crippen molar-refractivity contribution in [3.63, 3.8) is 0 Å². The molecule has 1 N–H and O–H groups in total. The summed E-state index contributed by atoms with van der Waals surface area (Å²) in [6, 6.07) is 13.1. The van der Waals surface area contributed by atoms with Crippen LogP contribution in [0.25, 0.3) is 0 Å². The van der Waals surface area contributed by atoms with Gasteiger partial charge in [-0.25, -0.2) is 8.42 Å². The van der Waals surface area contributed by atoms with E-state index in [4.69, 9.17) is 9.47 Å². The summed E-state index contributed by atoms with van der Waals surface area (Å²) < 4.78 is 36.2. The summed E-state index contributed by atoms with van der Waals surface area (Å²) in [5.41, 5.74) is 1.51. The average Bonchev–Trinajstić information content (AvgIpc) is 3.40. The van der Waals surface area contributed by atoms with Gasteiger partial charge in [0.15, 0.2) is 11.5 Å². The van der Waals surface area contributed by atoms with E-state index < -0.39 is 33.4 Å². The van der Waals surface area contributed by atoms with Crippen LogP contribution < -0.4 is 14.8 Å². The van der Waals surface area contributed by atoms with E-state index in [0.29, 0.717) is 17.1 Å². The van der Waals surface area contributed by atoms with Gasteiger partial charge in [-0.3, -0.25) is 19.3 Å². The summed E-state index contributed by atoms with van der Waals surface area (Å²) in [6.45, 7) is 1.90. The van der Waals surface area contributed by atoms with Crippen molar-refractivity contribution in [3.8, 4) is 11.5 Å². The Morgan fingerprint density at radius 1 is 1.08 bits per heavy atom. The molecule has 3 amide bonds. The first kappa shape index (κ1) is 26.4. The Bertz CT molecular complexity index is 1450. The van der Waals surface area contributed by atoms with E-state index in [1.165, 1.54) is 12.5 Å². The fraction of sp³-hybridized carbons (Fsp3) is 0.269. The van der Waals surface area contributed by atoms with E-state index in [2.05, 4.69) is 5.32 Å². The largest absolute Gasteiger partial charge is 0.493 e. The van der Waals surface area contributed by atoms with E-state index in [0.717, 1.165) is 28.1 Å². The van der Waals surface area contributed by atoms with Crippen molar-refractivity contribution in [1.82, 2.24) is 4.90 Å². The van der Waals surface area contributed by atoms with Crippen molar-refractivity contribution in [2.24, 2.45) is 0 Å². The number of rotatable bonds is 10. The molecule has 9 nitrogen and oxygen atoms in total. The summed E-state index contributed by atoms with van der Waals surface area (Å²) in [5.74, 6) is -1.31. The third kappa shape index (κ3) is 5.67. The maximum atomic E-state index is 13.5. The number of sulfone groups is 1. The lowest BCUT2D eigenvalue weighted by Crippen LogP contribution is -2.38. The molecular formula is C26H26N2O7S2. The molecule has 4 rings (SSSR count). The molecule has 0 fully saturated rings. The van der Waals surface area contributed by atoms with Crippen LogP contribution in [0.3, 0.4) is 0 Å². The Morgan fingerprint density at radius 2 is 1.81 bits per heavy atom. The second-order valence-electron chi connectivity index (χ2n) is 8.53. The number of nitrogens with one attached hydrogen (secondary N) is 1. The third-order valence-corrected chi connectivity index (χ3v) is 7.65. The molecule has 11 heteroatoms. The highest BCUT2D eigenvalue weighted by Crippen LogP contribution is 2.41. The van der Waals surface area contributed by atoms with Crippen LogP contribution in [0, 0.1) is 0 Å². The standard InChI is InChI=1S/C26H26N2O7S2/c1-4-22(29)27-24-23-18(14-36-24)25(30)28(26(23)31)19(15-37(3,32)33)17-10-11-20(34-2)21(12-17)35-13-16-8-6-5-7-9-16/h5-12,14,19H,4,13,15H2,1-3H3,(H,27,29). The summed E-state index contributed by atoms with van der Waals surface area (Å²) >= 11 is 1.08. The average molecular weight is 543 g/mol. The van der Waals surface area contributed by atoms with Gasteiger partial charge in [0.05, 0.1) is 30.0 Å². The predicted molar refractivity (Wildman–Crippen MR) is 140 cm³/mol. The lowest BCUT2D eigenvalue weighted by molar-refractivity contribution is -0.115. The molecule has 2 heterocycles. The topological polar surface area (TPSA) is 119 Å². The number of imide groups is 1. The highest BCUT2D eigenvalue weighted by atomic mass is 32.2. The van der Waals surface area contributed by atoms with Gasteiger partial charge in [-0.05, 0) is 23.3 Å². The number of ether oxygens (including phenoxy) is 2. The van der Waals surface area contributed by atoms with Gasteiger partial charge in [0, 0.05) is 18.1 Å². The Hall–Kier alpha value is -3.70. The van der Waals surface area contributed by atoms with Crippen LogP contribution in [0.5, 0.6) is 11.5 Å². The number of hydrogen-bond acceptors (Lipinski definition) is 8. The molecule has 194 valence electrons. The van der Waals surface area contributed by atoms with Crippen molar-refractivity contribution < 1.29 is 32.3 Å². The highest BCUT2D eigenvalue weighted by Gasteiger charge is 2.44. The minimum Gasteiger partial charge on any atom is -0.493 e. The SMILES string of the molecule is CCC(=O)Nc1scc2c1C(=O)N(C(CS(C)(=O)=O)c1ccc(OC)c(OCc3ccccc3)c1)C2=O. The van der Waals surface area contributed by atoms with Crippen molar-refractivity contribution >= 4 is 43.9 Å². The quantitative estimate of drug-likeness (QED) is 0.384. The van der Waals surface area contributed by atoms with Gasteiger partial charge >= 0.3 is 0 Å². The number of anilines is 1. The minimum absolute atomic E-state index is 0.0735. The normalized spacial score (nSPS) is 13.9. The lowest BCUT2D eigenvalue weighted by Gasteiger charge is -2.27. The van der Waals surface area contributed by atoms with E-state index in [-0.39, 0.29) is 35.1 Å². The third-order valence-electron chi connectivity index (χ3n) is 5.83. The first-order valence-corrected chi connectivity index (χ1v) is 14.4. The molecule has 1 unspecified atom stereocenters. The van der Waals surface area contributed by atoms with Crippen molar-refractivity contribution in [3.05, 3.63) is 76.2 Å². The first-order chi connectivity index (χ1) is 17.6. The zero-order valence-electron chi connectivity index (χ0n) is 20.5. The second-order valence-corrected chi connectivity index (χ2v) is 11.6. The van der Waals surface area contributed by atoms with Crippen LogP contribution in [0.1, 0.15) is 51.2 Å². The van der Waals surface area contributed by atoms with Gasteiger partial charge in [0.25, 0.3) is 11.8 Å². The second kappa shape index (κ2) is 10.7. The van der Waals surface area contributed by atoms with Crippen LogP contribution in [0.2, 0.25) is 0 Å². The van der Waals surface area contributed by atoms with Crippen molar-refractivity contribution in [2.75, 3.05) is 24.4 Å². The molecule has 0 spiro atoms. The number of hydrogen-bond donors (Lipinski definition) is 1. The van der Waals surface area contributed by atoms with Gasteiger partial charge in [-0.2, -0.15) is 0 Å². The molecule has 0 saturated heterocycles. The fourth-order valence-corrected chi connectivity index (χ4v) is 5.87. The summed E-state index contributed by atoms with van der Waals surface area (Å²) in [6.07, 6.45) is 1.25. The minimum atomic E-state index is -3.63. The first-order valence-electron chi connectivity index (χ1n) is 11.4. The molecular weight excluding hydrogens is 516 g/mol. The van der Waals surface area contributed by atoms with Gasteiger partial charge in [0.2, 0.25) is 5.91 Å². The smallest absolute Gasteiger partial charge is 0.265 e. The Balaban J connectivity index is 1.71.